The number of rotatable bonds is 3. The number of benzene rings is 1. The number of nitro benzene ring substituents is 1. The van der Waals surface area contributed by atoms with Gasteiger partial charge in [-0.25, -0.2) is 4.98 Å². The minimum absolute atomic E-state index is 0.0415. The van der Waals surface area contributed by atoms with E-state index in [-0.39, 0.29) is 12.2 Å². The number of pyridine rings is 1. The molecule has 0 amide bonds. The van der Waals surface area contributed by atoms with Crippen LogP contribution in [0.15, 0.2) is 42.6 Å². The molecule has 0 bridgehead atoms. The van der Waals surface area contributed by atoms with E-state index >= 15 is 0 Å². The van der Waals surface area contributed by atoms with Gasteiger partial charge in [0.2, 0.25) is 0 Å². The molecule has 3 aromatic rings. The molecular weight excluding hydrogens is 292 g/mol. The van der Waals surface area contributed by atoms with E-state index in [4.69, 9.17) is 17.3 Å². The van der Waals surface area contributed by atoms with Gasteiger partial charge in [0.25, 0.3) is 5.69 Å². The van der Waals surface area contributed by atoms with Crippen LogP contribution in [0.25, 0.3) is 16.9 Å². The van der Waals surface area contributed by atoms with Gasteiger partial charge in [-0.2, -0.15) is 0 Å². The number of halogens is 1. The highest BCUT2D eigenvalue weighted by Crippen LogP contribution is 2.27. The number of nitrogens with zero attached hydrogens (tertiary/aromatic N) is 3. The molecular formula is C14H11ClN4O2. The Morgan fingerprint density at radius 2 is 1.95 bits per heavy atom. The largest absolute Gasteiger partial charge is 0.325 e. The number of hydrogen-bond acceptors (Lipinski definition) is 4. The summed E-state index contributed by atoms with van der Waals surface area (Å²) in [6.07, 6.45) is 1.75. The minimum atomic E-state index is -0.433. The zero-order valence-electron chi connectivity index (χ0n) is 10.9. The molecule has 0 saturated heterocycles. The first-order valence-corrected chi connectivity index (χ1v) is 6.59. The Bertz CT molecular complexity index is 827. The van der Waals surface area contributed by atoms with Gasteiger partial charge in [-0.3, -0.25) is 10.1 Å². The summed E-state index contributed by atoms with van der Waals surface area (Å²) in [5.74, 6) is 0. The van der Waals surface area contributed by atoms with Crippen molar-refractivity contribution < 1.29 is 4.92 Å². The molecule has 6 nitrogen and oxygen atoms in total. The van der Waals surface area contributed by atoms with Crippen LogP contribution >= 0.6 is 11.6 Å². The molecule has 2 heterocycles. The summed E-state index contributed by atoms with van der Waals surface area (Å²) in [4.78, 5) is 14.8. The van der Waals surface area contributed by atoms with Crippen LogP contribution in [-0.4, -0.2) is 14.3 Å². The molecule has 2 N–H and O–H groups in total. The lowest BCUT2D eigenvalue weighted by Crippen LogP contribution is -2.02. The molecule has 0 radical (unpaired) electrons. The van der Waals surface area contributed by atoms with Gasteiger partial charge in [0.15, 0.2) is 0 Å². The number of fused-ring (bicyclic) bond motifs is 1. The molecule has 3 rings (SSSR count). The van der Waals surface area contributed by atoms with Crippen LogP contribution in [0.5, 0.6) is 0 Å². The van der Waals surface area contributed by atoms with Gasteiger partial charge in [0.05, 0.1) is 21.3 Å². The van der Waals surface area contributed by atoms with Crippen molar-refractivity contribution in [2.24, 2.45) is 5.73 Å². The topological polar surface area (TPSA) is 86.5 Å². The molecule has 0 aliphatic carbocycles. The van der Waals surface area contributed by atoms with Gasteiger partial charge >= 0.3 is 0 Å². The van der Waals surface area contributed by atoms with Crippen molar-refractivity contribution in [3.63, 3.8) is 0 Å². The number of aromatic nitrogens is 2. The van der Waals surface area contributed by atoms with Crippen LogP contribution in [0.2, 0.25) is 5.02 Å². The predicted molar refractivity (Wildman–Crippen MR) is 80.2 cm³/mol. The highest BCUT2D eigenvalue weighted by molar-refractivity contribution is 6.30. The lowest BCUT2D eigenvalue weighted by atomic mass is 10.1. The van der Waals surface area contributed by atoms with Crippen LogP contribution in [0, 0.1) is 10.1 Å². The molecule has 106 valence electrons. The molecule has 21 heavy (non-hydrogen) atoms. The second-order valence-electron chi connectivity index (χ2n) is 4.49. The number of nitrogens with two attached hydrogens (primary N) is 1. The molecule has 0 atom stereocenters. The van der Waals surface area contributed by atoms with E-state index in [0.29, 0.717) is 10.7 Å². The lowest BCUT2D eigenvalue weighted by molar-refractivity contribution is -0.384. The van der Waals surface area contributed by atoms with Crippen LogP contribution in [-0.2, 0) is 6.54 Å². The van der Waals surface area contributed by atoms with Gasteiger partial charge in [-0.1, -0.05) is 11.6 Å². The zero-order valence-corrected chi connectivity index (χ0v) is 11.6. The Hall–Kier alpha value is -2.44. The maximum atomic E-state index is 10.7. The van der Waals surface area contributed by atoms with Gasteiger partial charge < -0.3 is 10.1 Å². The molecule has 7 heteroatoms. The Labute approximate surface area is 124 Å². The molecule has 0 fully saturated rings. The average molecular weight is 303 g/mol. The summed E-state index contributed by atoms with van der Waals surface area (Å²) in [6.45, 7) is 0.286. The first kappa shape index (κ1) is 13.5. The van der Waals surface area contributed by atoms with E-state index in [1.54, 1.807) is 30.5 Å². The van der Waals surface area contributed by atoms with Crippen molar-refractivity contribution in [2.45, 2.75) is 6.54 Å². The number of hydrogen-bond donors (Lipinski definition) is 1. The fourth-order valence-electron chi connectivity index (χ4n) is 2.23. The first-order chi connectivity index (χ1) is 10.1. The lowest BCUT2D eigenvalue weighted by Gasteiger charge is -2.02. The molecule has 0 aliphatic rings. The molecule has 2 aromatic heterocycles. The van der Waals surface area contributed by atoms with Crippen molar-refractivity contribution in [3.8, 4) is 11.3 Å². The van der Waals surface area contributed by atoms with Crippen LogP contribution < -0.4 is 5.73 Å². The summed E-state index contributed by atoms with van der Waals surface area (Å²) in [5.41, 5.74) is 8.87. The number of imidazole rings is 1. The maximum absolute atomic E-state index is 10.7. The van der Waals surface area contributed by atoms with E-state index in [2.05, 4.69) is 4.98 Å². The van der Waals surface area contributed by atoms with Crippen molar-refractivity contribution in [3.05, 3.63) is 63.4 Å². The third-order valence-corrected chi connectivity index (χ3v) is 3.45. The summed E-state index contributed by atoms with van der Waals surface area (Å²) in [7, 11) is 0. The molecule has 0 aliphatic heterocycles. The number of non-ortho nitro benzene ring substituents is 1. The van der Waals surface area contributed by atoms with Gasteiger partial charge in [-0.05, 0) is 24.3 Å². The van der Waals surface area contributed by atoms with Crippen molar-refractivity contribution in [1.29, 1.82) is 0 Å². The quantitative estimate of drug-likeness (QED) is 0.595. The Morgan fingerprint density at radius 3 is 2.57 bits per heavy atom. The Balaban J connectivity index is 2.17. The third-order valence-electron chi connectivity index (χ3n) is 3.23. The van der Waals surface area contributed by atoms with Crippen LogP contribution in [0.4, 0.5) is 5.69 Å². The molecule has 0 unspecified atom stereocenters. The van der Waals surface area contributed by atoms with Crippen LogP contribution in [0.3, 0.4) is 0 Å². The van der Waals surface area contributed by atoms with Crippen molar-refractivity contribution in [2.75, 3.05) is 0 Å². The van der Waals surface area contributed by atoms with Crippen molar-refractivity contribution in [1.82, 2.24) is 9.38 Å². The summed E-state index contributed by atoms with van der Waals surface area (Å²) in [5, 5.41) is 11.3. The Morgan fingerprint density at radius 1 is 1.24 bits per heavy atom. The predicted octanol–water partition coefficient (Wildman–Crippen LogP) is 3.02. The standard InChI is InChI=1S/C14H11ClN4O2/c15-10-3-6-13-17-14(12(7-16)18(13)8-10)9-1-4-11(5-2-9)19(20)21/h1-6,8H,7,16H2. The van der Waals surface area contributed by atoms with Gasteiger partial charge in [-0.15, -0.1) is 0 Å². The summed E-state index contributed by atoms with van der Waals surface area (Å²) in [6, 6.07) is 9.79. The maximum Gasteiger partial charge on any atom is 0.269 e. The second kappa shape index (κ2) is 5.16. The molecule has 1 aromatic carbocycles. The fraction of sp³-hybridized carbons (Fsp3) is 0.0714. The van der Waals surface area contributed by atoms with Gasteiger partial charge in [0, 0.05) is 30.4 Å². The van der Waals surface area contributed by atoms with Crippen LogP contribution in [0.1, 0.15) is 5.69 Å². The first-order valence-electron chi connectivity index (χ1n) is 6.21. The van der Waals surface area contributed by atoms with E-state index < -0.39 is 4.92 Å². The minimum Gasteiger partial charge on any atom is -0.325 e. The molecule has 0 spiro atoms. The SMILES string of the molecule is NCc1c(-c2ccc([N+](=O)[O-])cc2)nc2ccc(Cl)cn12. The van der Waals surface area contributed by atoms with E-state index in [1.165, 1.54) is 12.1 Å². The fourth-order valence-corrected chi connectivity index (χ4v) is 2.40. The van der Waals surface area contributed by atoms with Gasteiger partial charge in [0.1, 0.15) is 5.65 Å². The summed E-state index contributed by atoms with van der Waals surface area (Å²) >= 11 is 5.99. The Kier molecular flexibility index (Phi) is 3.32. The van der Waals surface area contributed by atoms with E-state index in [9.17, 15) is 10.1 Å². The van der Waals surface area contributed by atoms with Crippen molar-refractivity contribution >= 4 is 22.9 Å². The number of nitro groups is 1. The monoisotopic (exact) mass is 302 g/mol. The van der Waals surface area contributed by atoms with E-state index in [1.807, 2.05) is 4.40 Å². The summed E-state index contributed by atoms with van der Waals surface area (Å²) < 4.78 is 1.83. The highest BCUT2D eigenvalue weighted by Gasteiger charge is 2.14. The smallest absolute Gasteiger partial charge is 0.269 e. The highest BCUT2D eigenvalue weighted by atomic mass is 35.5. The third kappa shape index (κ3) is 2.35. The zero-order chi connectivity index (χ0) is 15.0. The second-order valence-corrected chi connectivity index (χ2v) is 4.93. The average Bonchev–Trinajstić information content (AvgIpc) is 2.85. The molecule has 0 saturated carbocycles. The van der Waals surface area contributed by atoms with E-state index in [0.717, 1.165) is 16.9 Å². The normalized spacial score (nSPS) is 11.0.